The summed E-state index contributed by atoms with van der Waals surface area (Å²) in [6.45, 7) is 4.91. The van der Waals surface area contributed by atoms with Crippen LogP contribution in [0.15, 0.2) is 36.7 Å². The van der Waals surface area contributed by atoms with Crippen LogP contribution >= 0.6 is 0 Å². The van der Waals surface area contributed by atoms with Crippen molar-refractivity contribution >= 4 is 5.97 Å². The van der Waals surface area contributed by atoms with Crippen LogP contribution in [0.1, 0.15) is 15.9 Å². The van der Waals surface area contributed by atoms with Gasteiger partial charge in [0, 0.05) is 19.3 Å². The molecular formula is C15H19N3O3. The van der Waals surface area contributed by atoms with E-state index in [1.807, 2.05) is 24.0 Å². The number of carboxylic acids is 1. The third-order valence-electron chi connectivity index (χ3n) is 2.93. The first-order valence-electron chi connectivity index (χ1n) is 6.81. The Morgan fingerprint density at radius 2 is 2.10 bits per heavy atom. The van der Waals surface area contributed by atoms with Gasteiger partial charge in [0.2, 0.25) is 0 Å². The summed E-state index contributed by atoms with van der Waals surface area (Å²) >= 11 is 0. The first-order valence-corrected chi connectivity index (χ1v) is 6.81. The fraction of sp³-hybridized carbons (Fsp3) is 0.333. The molecule has 0 radical (unpaired) electrons. The minimum Gasteiger partial charge on any atom is -0.492 e. The lowest BCUT2D eigenvalue weighted by atomic mass is 10.2. The van der Waals surface area contributed by atoms with Gasteiger partial charge >= 0.3 is 5.97 Å². The van der Waals surface area contributed by atoms with Crippen LogP contribution in [0, 0.1) is 6.92 Å². The SMILES string of the molecule is Cc1cnn(CCNCCOc2ccc(C(=O)O)cc2)c1. The molecule has 2 aromatic rings. The highest BCUT2D eigenvalue weighted by Gasteiger charge is 2.01. The van der Waals surface area contributed by atoms with Gasteiger partial charge in [-0.2, -0.15) is 5.10 Å². The molecule has 0 bridgehead atoms. The molecule has 0 spiro atoms. The highest BCUT2D eigenvalue weighted by atomic mass is 16.5. The molecule has 1 aromatic carbocycles. The Balaban J connectivity index is 1.60. The van der Waals surface area contributed by atoms with Crippen molar-refractivity contribution < 1.29 is 14.6 Å². The van der Waals surface area contributed by atoms with Gasteiger partial charge < -0.3 is 15.2 Å². The predicted octanol–water partition coefficient (Wildman–Crippen LogP) is 1.56. The average Bonchev–Trinajstić information content (AvgIpc) is 2.89. The van der Waals surface area contributed by atoms with Gasteiger partial charge in [-0.25, -0.2) is 4.79 Å². The molecule has 0 saturated carbocycles. The Bertz CT molecular complexity index is 578. The maximum absolute atomic E-state index is 10.7. The van der Waals surface area contributed by atoms with Crippen molar-refractivity contribution in [2.24, 2.45) is 0 Å². The molecule has 0 aliphatic carbocycles. The normalized spacial score (nSPS) is 10.5. The standard InChI is InChI=1S/C15H19N3O3/c1-12-10-17-18(11-12)8-6-16-7-9-21-14-4-2-13(3-5-14)15(19)20/h2-5,10-11,16H,6-9H2,1H3,(H,19,20). The lowest BCUT2D eigenvalue weighted by molar-refractivity contribution is 0.0697. The van der Waals surface area contributed by atoms with Crippen LogP contribution in [0.25, 0.3) is 0 Å². The molecule has 6 nitrogen and oxygen atoms in total. The number of nitrogens with zero attached hydrogens (tertiary/aromatic N) is 2. The summed E-state index contributed by atoms with van der Waals surface area (Å²) in [5.74, 6) is -0.262. The summed E-state index contributed by atoms with van der Waals surface area (Å²) < 4.78 is 7.42. The summed E-state index contributed by atoms with van der Waals surface area (Å²) in [5, 5.41) is 16.3. The summed E-state index contributed by atoms with van der Waals surface area (Å²) in [6.07, 6.45) is 3.84. The second-order valence-corrected chi connectivity index (χ2v) is 4.71. The minimum absolute atomic E-state index is 0.259. The maximum atomic E-state index is 10.7. The first kappa shape index (κ1) is 15.1. The van der Waals surface area contributed by atoms with E-state index in [1.54, 1.807) is 12.1 Å². The zero-order valence-corrected chi connectivity index (χ0v) is 12.0. The number of ether oxygens (including phenoxy) is 1. The molecule has 0 unspecified atom stereocenters. The minimum atomic E-state index is -0.933. The van der Waals surface area contributed by atoms with Crippen LogP contribution in [-0.4, -0.2) is 40.6 Å². The van der Waals surface area contributed by atoms with Crippen LogP contribution in [0.3, 0.4) is 0 Å². The van der Waals surface area contributed by atoms with E-state index in [1.165, 1.54) is 12.1 Å². The molecule has 0 atom stereocenters. The lowest BCUT2D eigenvalue weighted by Gasteiger charge is -2.08. The number of hydrogen-bond acceptors (Lipinski definition) is 4. The van der Waals surface area contributed by atoms with Gasteiger partial charge in [0.1, 0.15) is 12.4 Å². The summed E-state index contributed by atoms with van der Waals surface area (Å²) in [5.41, 5.74) is 1.41. The van der Waals surface area contributed by atoms with Gasteiger partial charge in [-0.15, -0.1) is 0 Å². The largest absolute Gasteiger partial charge is 0.492 e. The fourth-order valence-electron chi connectivity index (χ4n) is 1.84. The molecule has 21 heavy (non-hydrogen) atoms. The smallest absolute Gasteiger partial charge is 0.335 e. The number of aromatic nitrogens is 2. The van der Waals surface area contributed by atoms with Crippen LogP contribution in [0.4, 0.5) is 0 Å². The topological polar surface area (TPSA) is 76.4 Å². The number of rotatable bonds is 8. The van der Waals surface area contributed by atoms with Crippen LogP contribution in [0.5, 0.6) is 5.75 Å². The molecule has 1 heterocycles. The van der Waals surface area contributed by atoms with Gasteiger partial charge in [-0.05, 0) is 36.8 Å². The Kier molecular flexibility index (Phi) is 5.34. The van der Waals surface area contributed by atoms with Crippen molar-refractivity contribution in [3.05, 3.63) is 47.8 Å². The quantitative estimate of drug-likeness (QED) is 0.721. The van der Waals surface area contributed by atoms with E-state index < -0.39 is 5.97 Å². The van der Waals surface area contributed by atoms with Crippen molar-refractivity contribution in [3.63, 3.8) is 0 Å². The molecule has 1 aromatic heterocycles. The predicted molar refractivity (Wildman–Crippen MR) is 78.7 cm³/mol. The van der Waals surface area contributed by atoms with E-state index in [0.717, 1.165) is 25.2 Å². The monoisotopic (exact) mass is 289 g/mol. The second kappa shape index (κ2) is 7.44. The van der Waals surface area contributed by atoms with Crippen molar-refractivity contribution in [2.45, 2.75) is 13.5 Å². The van der Waals surface area contributed by atoms with E-state index in [-0.39, 0.29) is 5.56 Å². The van der Waals surface area contributed by atoms with E-state index in [2.05, 4.69) is 10.4 Å². The highest BCUT2D eigenvalue weighted by Crippen LogP contribution is 2.11. The highest BCUT2D eigenvalue weighted by molar-refractivity contribution is 5.87. The van der Waals surface area contributed by atoms with Gasteiger partial charge in [-0.1, -0.05) is 0 Å². The van der Waals surface area contributed by atoms with Gasteiger partial charge in [-0.3, -0.25) is 4.68 Å². The molecule has 0 saturated heterocycles. The number of aryl methyl sites for hydroxylation is 1. The van der Waals surface area contributed by atoms with E-state index in [4.69, 9.17) is 9.84 Å². The molecule has 0 aliphatic heterocycles. The van der Waals surface area contributed by atoms with E-state index in [9.17, 15) is 4.79 Å². The number of aromatic carboxylic acids is 1. The van der Waals surface area contributed by atoms with Gasteiger partial charge in [0.15, 0.2) is 0 Å². The molecule has 0 aliphatic rings. The van der Waals surface area contributed by atoms with Gasteiger partial charge in [0.25, 0.3) is 0 Å². The molecule has 0 fully saturated rings. The Morgan fingerprint density at radius 1 is 1.33 bits per heavy atom. The number of hydrogen-bond donors (Lipinski definition) is 2. The Morgan fingerprint density at radius 3 is 2.71 bits per heavy atom. The van der Waals surface area contributed by atoms with Crippen LogP contribution < -0.4 is 10.1 Å². The van der Waals surface area contributed by atoms with Crippen molar-refractivity contribution in [1.29, 1.82) is 0 Å². The molecule has 0 amide bonds. The van der Waals surface area contributed by atoms with Crippen molar-refractivity contribution in [3.8, 4) is 5.75 Å². The molecule has 112 valence electrons. The third-order valence-corrected chi connectivity index (χ3v) is 2.93. The van der Waals surface area contributed by atoms with Crippen molar-refractivity contribution in [2.75, 3.05) is 19.7 Å². The molecular weight excluding hydrogens is 270 g/mol. The fourth-order valence-corrected chi connectivity index (χ4v) is 1.84. The lowest BCUT2D eigenvalue weighted by Crippen LogP contribution is -2.25. The summed E-state index contributed by atoms with van der Waals surface area (Å²) in [6, 6.07) is 6.39. The molecule has 6 heteroatoms. The third kappa shape index (κ3) is 4.92. The summed E-state index contributed by atoms with van der Waals surface area (Å²) in [7, 11) is 0. The van der Waals surface area contributed by atoms with E-state index >= 15 is 0 Å². The first-order chi connectivity index (χ1) is 10.1. The number of carbonyl (C=O) groups is 1. The number of carboxylic acid groups (broad SMARTS) is 1. The number of benzene rings is 1. The Labute approximate surface area is 123 Å². The van der Waals surface area contributed by atoms with Crippen molar-refractivity contribution in [1.82, 2.24) is 15.1 Å². The zero-order valence-electron chi connectivity index (χ0n) is 12.0. The average molecular weight is 289 g/mol. The van der Waals surface area contributed by atoms with Crippen LogP contribution in [-0.2, 0) is 6.54 Å². The van der Waals surface area contributed by atoms with Crippen LogP contribution in [0.2, 0.25) is 0 Å². The van der Waals surface area contributed by atoms with E-state index in [0.29, 0.717) is 12.4 Å². The molecule has 2 N–H and O–H groups in total. The number of nitrogens with one attached hydrogen (secondary N) is 1. The second-order valence-electron chi connectivity index (χ2n) is 4.71. The van der Waals surface area contributed by atoms with Gasteiger partial charge in [0.05, 0.1) is 18.3 Å². The Hall–Kier alpha value is -2.34. The summed E-state index contributed by atoms with van der Waals surface area (Å²) in [4.78, 5) is 10.7. The molecule has 2 rings (SSSR count). The maximum Gasteiger partial charge on any atom is 0.335 e. The zero-order chi connectivity index (χ0) is 15.1.